The van der Waals surface area contributed by atoms with E-state index in [4.69, 9.17) is 12.2 Å². The molecular weight excluding hydrogens is 386 g/mol. The van der Waals surface area contributed by atoms with Crippen molar-refractivity contribution in [3.63, 3.8) is 0 Å². The molecule has 0 bridgehead atoms. The summed E-state index contributed by atoms with van der Waals surface area (Å²) in [6, 6.07) is 0. The maximum atomic E-state index is 12.1. The molecule has 0 aliphatic carbocycles. The second-order valence-corrected chi connectivity index (χ2v) is 11.1. The van der Waals surface area contributed by atoms with Crippen molar-refractivity contribution in [3.8, 4) is 0 Å². The second-order valence-electron chi connectivity index (χ2n) is 8.17. The predicted octanol–water partition coefficient (Wildman–Crippen LogP) is 2.91. The summed E-state index contributed by atoms with van der Waals surface area (Å²) in [7, 11) is 0. The van der Waals surface area contributed by atoms with Crippen molar-refractivity contribution in [3.05, 3.63) is 3.95 Å². The number of nitrogens with one attached hydrogen (secondary N) is 1. The Balaban J connectivity index is 1.78. The molecule has 1 N–H and O–H groups in total. The van der Waals surface area contributed by atoms with E-state index in [0.717, 1.165) is 46.9 Å². The van der Waals surface area contributed by atoms with Gasteiger partial charge in [-0.2, -0.15) is 5.10 Å². The summed E-state index contributed by atoms with van der Waals surface area (Å²) in [4.78, 5) is 16.6. The van der Waals surface area contributed by atoms with E-state index in [1.165, 1.54) is 0 Å². The van der Waals surface area contributed by atoms with Crippen LogP contribution in [-0.4, -0.2) is 69.5 Å². The number of carbonyl (C=O) groups excluding carboxylic acids is 1. The highest BCUT2D eigenvalue weighted by atomic mass is 32.2. The van der Waals surface area contributed by atoms with E-state index in [1.807, 2.05) is 25.5 Å². The lowest BCUT2D eigenvalue weighted by Crippen LogP contribution is -2.51. The predicted molar refractivity (Wildman–Crippen MR) is 112 cm³/mol. The fourth-order valence-electron chi connectivity index (χ4n) is 2.61. The van der Waals surface area contributed by atoms with E-state index in [1.54, 1.807) is 23.1 Å². The normalized spacial score (nSPS) is 17.0. The van der Waals surface area contributed by atoms with Gasteiger partial charge in [-0.3, -0.25) is 14.6 Å². The van der Waals surface area contributed by atoms with Gasteiger partial charge in [-0.1, -0.05) is 36.9 Å². The topological polar surface area (TPSA) is 53.4 Å². The second kappa shape index (κ2) is 9.64. The molecule has 1 aliphatic heterocycles. The summed E-state index contributed by atoms with van der Waals surface area (Å²) in [5.74, 6) is 1.81. The highest BCUT2D eigenvalue weighted by molar-refractivity contribution is 8.01. The van der Waals surface area contributed by atoms with Crippen molar-refractivity contribution in [1.29, 1.82) is 0 Å². The van der Waals surface area contributed by atoms with E-state index in [9.17, 15) is 4.79 Å². The monoisotopic (exact) mass is 417 g/mol. The van der Waals surface area contributed by atoms with Crippen molar-refractivity contribution in [2.45, 2.75) is 51.2 Å². The van der Waals surface area contributed by atoms with E-state index in [0.29, 0.717) is 12.5 Å². The van der Waals surface area contributed by atoms with Crippen molar-refractivity contribution in [2.24, 2.45) is 5.92 Å². The van der Waals surface area contributed by atoms with Crippen molar-refractivity contribution in [1.82, 2.24) is 24.9 Å². The van der Waals surface area contributed by atoms with Crippen LogP contribution in [-0.2, 0) is 11.5 Å². The van der Waals surface area contributed by atoms with Gasteiger partial charge < -0.3 is 5.32 Å². The van der Waals surface area contributed by atoms with Crippen LogP contribution in [0, 0.1) is 9.87 Å². The van der Waals surface area contributed by atoms with Gasteiger partial charge in [0.1, 0.15) is 0 Å². The molecule has 1 aromatic heterocycles. The molecule has 2 heterocycles. The summed E-state index contributed by atoms with van der Waals surface area (Å²) in [5.41, 5.74) is -0.175. The average Bonchev–Trinajstić information content (AvgIpc) is 2.85. The van der Waals surface area contributed by atoms with Crippen LogP contribution < -0.4 is 5.32 Å². The summed E-state index contributed by atoms with van der Waals surface area (Å²) in [5, 5.41) is 7.68. The number of rotatable bonds is 7. The molecule has 0 saturated carbocycles. The maximum absolute atomic E-state index is 12.1. The molecular formula is C17H31N5OS3. The molecule has 0 unspecified atom stereocenters. The number of thioether (sulfide) groups is 1. The van der Waals surface area contributed by atoms with E-state index in [2.05, 4.69) is 34.1 Å². The quantitative estimate of drug-likeness (QED) is 0.544. The lowest BCUT2D eigenvalue weighted by atomic mass is 10.1. The first-order valence-corrected chi connectivity index (χ1v) is 11.3. The largest absolute Gasteiger partial charge is 0.350 e. The summed E-state index contributed by atoms with van der Waals surface area (Å²) >= 11 is 8.85. The van der Waals surface area contributed by atoms with Crippen LogP contribution >= 0.6 is 35.3 Å². The van der Waals surface area contributed by atoms with Gasteiger partial charge in [0.25, 0.3) is 0 Å². The Morgan fingerprint density at radius 2 is 1.88 bits per heavy atom. The van der Waals surface area contributed by atoms with E-state index >= 15 is 0 Å². The average molecular weight is 418 g/mol. The molecule has 1 amide bonds. The first-order chi connectivity index (χ1) is 12.1. The van der Waals surface area contributed by atoms with E-state index < -0.39 is 0 Å². The molecule has 9 heteroatoms. The number of hydrogen-bond acceptors (Lipinski definition) is 7. The summed E-state index contributed by atoms with van der Waals surface area (Å²) in [6.07, 6.45) is 0. The summed E-state index contributed by atoms with van der Waals surface area (Å²) < 4.78 is 3.83. The first-order valence-electron chi connectivity index (χ1n) is 9.09. The number of nitrogens with zero attached hydrogens (tertiary/aromatic N) is 4. The highest BCUT2D eigenvalue weighted by Crippen LogP contribution is 2.24. The lowest BCUT2D eigenvalue weighted by Gasteiger charge is -2.34. The van der Waals surface area contributed by atoms with E-state index in [-0.39, 0.29) is 11.4 Å². The standard InChI is InChI=1S/C17H31N5OS3/c1-13(2)11-25-15-19-22(16(24)26-15)12-21-8-6-20(7-9-21)10-14(23)18-17(3,4)5/h13H,6-12H2,1-5H3,(H,18,23). The molecule has 1 aliphatic rings. The fraction of sp³-hybridized carbons (Fsp3) is 0.824. The third-order valence-corrected chi connectivity index (χ3v) is 6.68. The Bertz CT molecular complexity index is 642. The molecule has 2 rings (SSSR count). The van der Waals surface area contributed by atoms with Crippen LogP contribution in [0.3, 0.4) is 0 Å². The Hall–Kier alpha value is -0.480. The third-order valence-electron chi connectivity index (χ3n) is 3.81. The SMILES string of the molecule is CC(C)CSc1nn(CN2CCN(CC(=O)NC(C)(C)C)CC2)c(=S)s1. The van der Waals surface area contributed by atoms with Crippen molar-refractivity contribution in [2.75, 3.05) is 38.5 Å². The maximum Gasteiger partial charge on any atom is 0.234 e. The van der Waals surface area contributed by atoms with Gasteiger partial charge in [-0.15, -0.1) is 0 Å². The van der Waals surface area contributed by atoms with Crippen molar-refractivity contribution >= 4 is 41.2 Å². The molecule has 0 atom stereocenters. The van der Waals surface area contributed by atoms with Gasteiger partial charge in [-0.05, 0) is 38.9 Å². The zero-order chi connectivity index (χ0) is 19.3. The number of amides is 1. The molecule has 1 saturated heterocycles. The van der Waals surface area contributed by atoms with Gasteiger partial charge >= 0.3 is 0 Å². The molecule has 0 aromatic carbocycles. The Labute approximate surface area is 170 Å². The molecule has 1 aromatic rings. The van der Waals surface area contributed by atoms with Crippen LogP contribution in [0.5, 0.6) is 0 Å². The number of carbonyl (C=O) groups is 1. The Kier molecular flexibility index (Phi) is 8.08. The number of hydrogen-bond donors (Lipinski definition) is 1. The van der Waals surface area contributed by atoms with Crippen LogP contribution in [0.25, 0.3) is 0 Å². The van der Waals surface area contributed by atoms with Gasteiger partial charge in [-0.25, -0.2) is 4.68 Å². The lowest BCUT2D eigenvalue weighted by molar-refractivity contribution is -0.124. The van der Waals surface area contributed by atoms with Gasteiger partial charge in [0.2, 0.25) is 5.91 Å². The minimum Gasteiger partial charge on any atom is -0.350 e. The molecule has 1 fully saturated rings. The summed E-state index contributed by atoms with van der Waals surface area (Å²) in [6.45, 7) is 15.3. The minimum absolute atomic E-state index is 0.0967. The van der Waals surface area contributed by atoms with Crippen LogP contribution in [0.4, 0.5) is 0 Å². The minimum atomic E-state index is -0.175. The molecule has 0 radical (unpaired) electrons. The van der Waals surface area contributed by atoms with Gasteiger partial charge in [0.15, 0.2) is 8.29 Å². The first kappa shape index (κ1) is 21.8. The zero-order valence-electron chi connectivity index (χ0n) is 16.4. The molecule has 0 spiro atoms. The smallest absolute Gasteiger partial charge is 0.234 e. The van der Waals surface area contributed by atoms with Crippen LogP contribution in [0.1, 0.15) is 34.6 Å². The van der Waals surface area contributed by atoms with Gasteiger partial charge in [0.05, 0.1) is 13.2 Å². The molecule has 6 nitrogen and oxygen atoms in total. The van der Waals surface area contributed by atoms with Crippen LogP contribution in [0.2, 0.25) is 0 Å². The van der Waals surface area contributed by atoms with Gasteiger partial charge in [0, 0.05) is 37.5 Å². The van der Waals surface area contributed by atoms with Crippen molar-refractivity contribution < 1.29 is 4.79 Å². The van der Waals surface area contributed by atoms with Crippen LogP contribution in [0.15, 0.2) is 4.34 Å². The number of aromatic nitrogens is 2. The highest BCUT2D eigenvalue weighted by Gasteiger charge is 2.21. The fourth-order valence-corrected chi connectivity index (χ4v) is 4.91. The Morgan fingerprint density at radius 1 is 1.27 bits per heavy atom. The Morgan fingerprint density at radius 3 is 2.46 bits per heavy atom. The zero-order valence-corrected chi connectivity index (χ0v) is 18.9. The molecule has 26 heavy (non-hydrogen) atoms. The third kappa shape index (κ3) is 7.64. The molecule has 148 valence electrons. The number of piperazine rings is 1.